The monoisotopic (exact) mass is 546 g/mol. The van der Waals surface area contributed by atoms with E-state index < -0.39 is 30.0 Å². The lowest BCUT2D eigenvalue weighted by Gasteiger charge is -2.21. The molecule has 0 unspecified atom stereocenters. The molecule has 0 saturated carbocycles. The van der Waals surface area contributed by atoms with Crippen LogP contribution in [0.5, 0.6) is 5.75 Å². The molecule has 3 atom stereocenters. The zero-order valence-corrected chi connectivity index (χ0v) is 22.7. The van der Waals surface area contributed by atoms with Crippen molar-refractivity contribution in [2.24, 2.45) is 0 Å². The van der Waals surface area contributed by atoms with Gasteiger partial charge in [-0.3, -0.25) is 9.59 Å². The van der Waals surface area contributed by atoms with Crippen LogP contribution in [0.2, 0.25) is 0 Å². The number of rotatable bonds is 11. The molecular formula is C30H34N4O6. The summed E-state index contributed by atoms with van der Waals surface area (Å²) in [5, 5.41) is 10.8. The highest BCUT2D eigenvalue weighted by atomic mass is 16.6. The number of carbonyl (C=O) groups is 4. The average molecular weight is 547 g/mol. The zero-order chi connectivity index (χ0) is 28.9. The Balaban J connectivity index is 1.61. The number of amides is 4. The minimum atomic E-state index is -0.991. The van der Waals surface area contributed by atoms with E-state index in [2.05, 4.69) is 26.0 Å². The van der Waals surface area contributed by atoms with E-state index >= 15 is 0 Å². The number of hydrogen-bond donors (Lipinski definition) is 4. The Morgan fingerprint density at radius 3 is 1.82 bits per heavy atom. The third-order valence-corrected chi connectivity index (χ3v) is 6.11. The first-order valence-corrected chi connectivity index (χ1v) is 12.8. The number of nitrogens with one attached hydrogen (secondary N) is 4. The number of benzene rings is 3. The SMILES string of the molecule is COC(=O)CNC(=O)[C@H](Cc1ccc(OC(=O)N[C@H](C)c2ccccc2)cc1)NC(=O)N[C@H](C)c1ccccc1. The van der Waals surface area contributed by atoms with Gasteiger partial charge in [-0.1, -0.05) is 72.8 Å². The van der Waals surface area contributed by atoms with Crippen molar-refractivity contribution >= 4 is 24.0 Å². The van der Waals surface area contributed by atoms with Gasteiger partial charge in [-0.25, -0.2) is 9.59 Å². The van der Waals surface area contributed by atoms with Gasteiger partial charge in [0.2, 0.25) is 5.91 Å². The van der Waals surface area contributed by atoms with Crippen molar-refractivity contribution in [1.29, 1.82) is 0 Å². The number of urea groups is 1. The van der Waals surface area contributed by atoms with Crippen LogP contribution in [-0.4, -0.2) is 43.7 Å². The third-order valence-electron chi connectivity index (χ3n) is 6.11. The molecule has 3 aromatic rings. The van der Waals surface area contributed by atoms with E-state index in [1.165, 1.54) is 7.11 Å². The Kier molecular flexibility index (Phi) is 11.1. The van der Waals surface area contributed by atoms with E-state index in [1.54, 1.807) is 24.3 Å². The maximum absolute atomic E-state index is 12.9. The first-order chi connectivity index (χ1) is 19.2. The maximum Gasteiger partial charge on any atom is 0.413 e. The number of methoxy groups -OCH3 is 1. The second-order valence-corrected chi connectivity index (χ2v) is 9.11. The predicted molar refractivity (Wildman–Crippen MR) is 150 cm³/mol. The van der Waals surface area contributed by atoms with E-state index in [1.807, 2.05) is 74.5 Å². The lowest BCUT2D eigenvalue weighted by molar-refractivity contribution is -0.141. The van der Waals surface area contributed by atoms with Gasteiger partial charge in [-0.2, -0.15) is 0 Å². The van der Waals surface area contributed by atoms with Gasteiger partial charge in [0.15, 0.2) is 0 Å². The van der Waals surface area contributed by atoms with Crippen molar-refractivity contribution in [3.05, 3.63) is 102 Å². The smallest absolute Gasteiger partial charge is 0.413 e. The maximum atomic E-state index is 12.9. The molecule has 4 N–H and O–H groups in total. The Morgan fingerprint density at radius 2 is 1.27 bits per heavy atom. The quantitative estimate of drug-likeness (QED) is 0.270. The molecule has 0 aromatic heterocycles. The van der Waals surface area contributed by atoms with Gasteiger partial charge in [-0.15, -0.1) is 0 Å². The highest BCUT2D eigenvalue weighted by Gasteiger charge is 2.23. The molecule has 0 heterocycles. The molecule has 0 radical (unpaired) electrons. The van der Waals surface area contributed by atoms with E-state index in [0.29, 0.717) is 11.3 Å². The number of esters is 1. The molecule has 3 aromatic carbocycles. The Bertz CT molecular complexity index is 1270. The van der Waals surface area contributed by atoms with Crippen LogP contribution in [-0.2, 0) is 20.7 Å². The lowest BCUT2D eigenvalue weighted by atomic mass is 10.0. The molecule has 0 saturated heterocycles. The van der Waals surface area contributed by atoms with Crippen molar-refractivity contribution in [1.82, 2.24) is 21.3 Å². The van der Waals surface area contributed by atoms with Crippen LogP contribution in [0.1, 0.15) is 42.6 Å². The summed E-state index contributed by atoms with van der Waals surface area (Å²) in [5.74, 6) is -0.853. The van der Waals surface area contributed by atoms with Crippen molar-refractivity contribution in [3.63, 3.8) is 0 Å². The highest BCUT2D eigenvalue weighted by molar-refractivity contribution is 5.89. The standard InChI is InChI=1S/C30H34N4O6/c1-20(23-10-6-4-7-11-23)32-29(37)34-26(28(36)31-19-27(35)39-3)18-22-14-16-25(17-15-22)40-30(38)33-21(2)24-12-8-5-9-13-24/h4-17,20-21,26H,18-19H2,1-3H3,(H,31,36)(H,33,38)(H2,32,34,37)/t20-,21-,26+/m1/s1. The van der Waals surface area contributed by atoms with Crippen LogP contribution in [0.15, 0.2) is 84.9 Å². The van der Waals surface area contributed by atoms with E-state index in [0.717, 1.165) is 11.1 Å². The van der Waals surface area contributed by atoms with Crippen LogP contribution >= 0.6 is 0 Å². The number of ether oxygens (including phenoxy) is 2. The average Bonchev–Trinajstić information content (AvgIpc) is 2.97. The normalized spacial score (nSPS) is 12.7. The van der Waals surface area contributed by atoms with Gasteiger partial charge in [-0.05, 0) is 42.7 Å². The summed E-state index contributed by atoms with van der Waals surface area (Å²) in [5.41, 5.74) is 2.54. The second-order valence-electron chi connectivity index (χ2n) is 9.11. The van der Waals surface area contributed by atoms with E-state index in [9.17, 15) is 19.2 Å². The van der Waals surface area contributed by atoms with Gasteiger partial charge in [0.1, 0.15) is 18.3 Å². The number of carbonyl (C=O) groups excluding carboxylic acids is 4. The van der Waals surface area contributed by atoms with Crippen molar-refractivity contribution < 1.29 is 28.7 Å². The fourth-order valence-corrected chi connectivity index (χ4v) is 3.85. The molecule has 10 nitrogen and oxygen atoms in total. The van der Waals surface area contributed by atoms with Gasteiger partial charge in [0, 0.05) is 6.42 Å². The Hall–Kier alpha value is -4.86. The summed E-state index contributed by atoms with van der Waals surface area (Å²) in [6, 6.07) is 23.4. The molecule has 210 valence electrons. The van der Waals surface area contributed by atoms with E-state index in [4.69, 9.17) is 4.74 Å². The molecule has 0 spiro atoms. The van der Waals surface area contributed by atoms with Gasteiger partial charge in [0.05, 0.1) is 19.2 Å². The molecule has 4 amide bonds. The topological polar surface area (TPSA) is 135 Å². The van der Waals surface area contributed by atoms with Crippen LogP contribution in [0, 0.1) is 0 Å². The summed E-state index contributed by atoms with van der Waals surface area (Å²) in [4.78, 5) is 49.4. The number of hydrogen-bond acceptors (Lipinski definition) is 6. The fraction of sp³-hybridized carbons (Fsp3) is 0.267. The summed E-state index contributed by atoms with van der Waals surface area (Å²) in [6.07, 6.45) is -0.479. The zero-order valence-electron chi connectivity index (χ0n) is 22.7. The van der Waals surface area contributed by atoms with Crippen LogP contribution in [0.4, 0.5) is 9.59 Å². The van der Waals surface area contributed by atoms with Crippen molar-refractivity contribution in [3.8, 4) is 5.75 Å². The highest BCUT2D eigenvalue weighted by Crippen LogP contribution is 2.16. The van der Waals surface area contributed by atoms with Crippen LogP contribution in [0.3, 0.4) is 0 Å². The van der Waals surface area contributed by atoms with Gasteiger partial charge >= 0.3 is 18.1 Å². The largest absolute Gasteiger partial charge is 0.468 e. The first kappa shape index (κ1) is 29.7. The molecular weight excluding hydrogens is 512 g/mol. The summed E-state index contributed by atoms with van der Waals surface area (Å²) in [6.45, 7) is 3.35. The molecule has 0 bridgehead atoms. The van der Waals surface area contributed by atoms with Crippen molar-refractivity contribution in [2.45, 2.75) is 38.4 Å². The van der Waals surface area contributed by atoms with E-state index in [-0.39, 0.29) is 25.0 Å². The Labute approximate surface area is 233 Å². The van der Waals surface area contributed by atoms with Gasteiger partial charge in [0.25, 0.3) is 0 Å². The minimum Gasteiger partial charge on any atom is -0.468 e. The molecule has 10 heteroatoms. The fourth-order valence-electron chi connectivity index (χ4n) is 3.85. The van der Waals surface area contributed by atoms with Crippen molar-refractivity contribution in [2.75, 3.05) is 13.7 Å². The molecule has 0 aliphatic heterocycles. The summed E-state index contributed by atoms with van der Waals surface area (Å²) >= 11 is 0. The van der Waals surface area contributed by atoms with Crippen LogP contribution < -0.4 is 26.0 Å². The predicted octanol–water partition coefficient (Wildman–Crippen LogP) is 3.80. The minimum absolute atomic E-state index is 0.123. The molecule has 0 aliphatic carbocycles. The van der Waals surface area contributed by atoms with Gasteiger partial charge < -0.3 is 30.7 Å². The molecule has 3 rings (SSSR count). The Morgan fingerprint density at radius 1 is 0.725 bits per heavy atom. The molecule has 0 aliphatic rings. The summed E-state index contributed by atoms with van der Waals surface area (Å²) in [7, 11) is 1.22. The van der Waals surface area contributed by atoms with Crippen LogP contribution in [0.25, 0.3) is 0 Å². The third kappa shape index (κ3) is 9.46. The second kappa shape index (κ2) is 14.9. The first-order valence-electron chi connectivity index (χ1n) is 12.8. The molecule has 0 fully saturated rings. The summed E-state index contributed by atoms with van der Waals surface area (Å²) < 4.78 is 9.96. The molecule has 40 heavy (non-hydrogen) atoms. The lowest BCUT2D eigenvalue weighted by Crippen LogP contribution is -2.52.